The van der Waals surface area contributed by atoms with Crippen molar-refractivity contribution in [2.24, 2.45) is 0 Å². The van der Waals surface area contributed by atoms with Crippen LogP contribution in [0.4, 0.5) is 0 Å². The summed E-state index contributed by atoms with van der Waals surface area (Å²) in [5.41, 5.74) is 6.26. The van der Waals surface area contributed by atoms with Crippen LogP contribution >= 0.6 is 136 Å². The third-order valence-electron chi connectivity index (χ3n) is 30.6. The largest absolute Gasteiger partial charge is 0.134 e. The predicted molar refractivity (Wildman–Crippen MR) is 676 cm³/mol. The van der Waals surface area contributed by atoms with Gasteiger partial charge in [-0.25, -0.2) is 0 Å². The summed E-state index contributed by atoms with van der Waals surface area (Å²) in [6, 6.07) is 69.1. The highest BCUT2D eigenvalue weighted by molar-refractivity contribution is 7.38. The molecule has 13 heterocycles. The first kappa shape index (κ1) is 113. The van der Waals surface area contributed by atoms with Crippen molar-refractivity contribution in [3.63, 3.8) is 0 Å². The molecule has 0 amide bonds. The van der Waals surface area contributed by atoms with E-state index in [1.807, 2.05) is 136 Å². The van der Waals surface area contributed by atoms with E-state index in [0.29, 0.717) is 0 Å². The zero-order valence-electron chi connectivity index (χ0n) is 89.1. The van der Waals surface area contributed by atoms with E-state index in [2.05, 4.69) is 198 Å². The van der Waals surface area contributed by atoms with Gasteiger partial charge in [0.25, 0.3) is 0 Å². The number of unbranched alkanes of at least 4 members (excludes halogenated alkanes) is 60. The summed E-state index contributed by atoms with van der Waals surface area (Å²) in [6.45, 7) is 9.31. The van der Waals surface area contributed by atoms with E-state index in [-0.39, 0.29) is 0 Å². The van der Waals surface area contributed by atoms with Crippen molar-refractivity contribution in [3.05, 3.63) is 192 Å². The van der Waals surface area contributed by atoms with Crippen LogP contribution in [0.3, 0.4) is 0 Å². The SMILES string of the molecule is CCCCCCCCCCCCCCCCCCc1cc(CCCCCCCCCCCCCCCCCC)c2cc1c1ccc(s1)c1ccc(s1)c1ccc(s1)c1ccc(s1)c1ccc(s1)c1ccc(s1)c1cc(c(CCCCCCCCCCCCCCCCCC)cc1CCCCCCCCCCCCCCCCCC)c1ccc(s1)c1ccc(s1)c1ccc(s1)c1ccc(s1)c1ccc(s1)c1ccc2s1. The molecule has 144 heavy (non-hydrogen) atoms. The van der Waals surface area contributed by atoms with Gasteiger partial charge in [0.05, 0.1) is 0 Å². The molecule has 0 fully saturated rings. The second-order valence-electron chi connectivity index (χ2n) is 42.5. The van der Waals surface area contributed by atoms with E-state index in [9.17, 15) is 0 Å². The van der Waals surface area contributed by atoms with Gasteiger partial charge in [0.15, 0.2) is 0 Å². The Balaban J connectivity index is 0.742. The number of rotatable bonds is 68. The third kappa shape index (κ3) is 36.5. The van der Waals surface area contributed by atoms with Crippen LogP contribution in [0, 0.1) is 0 Å². The van der Waals surface area contributed by atoms with E-state index in [4.69, 9.17) is 0 Å². The number of hydrogen-bond acceptors (Lipinski definition) is 12. The fraction of sp³-hybridized carbons (Fsp3) is 0.545. The molecule has 15 rings (SSSR count). The highest BCUT2D eigenvalue weighted by Gasteiger charge is 2.17. The lowest BCUT2D eigenvalue weighted by Gasteiger charge is -2.12. The minimum Gasteiger partial charge on any atom is -0.134 e. The summed E-state index contributed by atoms with van der Waals surface area (Å²) in [5.74, 6) is 0. The molecule has 28 bridgehead atoms. The zero-order chi connectivity index (χ0) is 98.8. The van der Waals surface area contributed by atoms with Gasteiger partial charge in [-0.2, -0.15) is 0 Å². The van der Waals surface area contributed by atoms with Crippen molar-refractivity contribution >= 4 is 270 Å². The Morgan fingerprint density at radius 3 is 0.306 bits per heavy atom. The van der Waals surface area contributed by atoms with Gasteiger partial charge in [0, 0.05) is 113 Å². The van der Waals surface area contributed by atoms with Crippen molar-refractivity contribution in [1.29, 1.82) is 0 Å². The monoisotopic (exact) mass is 2150 g/mol. The maximum Gasteiger partial charge on any atom is 0.0449 e. The van der Waals surface area contributed by atoms with Crippen LogP contribution in [-0.4, -0.2) is 0 Å². The van der Waals surface area contributed by atoms with Gasteiger partial charge in [0.1, 0.15) is 0 Å². The van der Waals surface area contributed by atoms with Crippen LogP contribution in [0.25, 0.3) is 134 Å². The maximum absolute atomic E-state index is 2.74. The fourth-order valence-corrected chi connectivity index (χ4v) is 35.1. The molecular weight excluding hydrogens is 1970 g/mol. The van der Waals surface area contributed by atoms with Crippen LogP contribution in [-0.2, 0) is 25.7 Å². The van der Waals surface area contributed by atoms with E-state index >= 15 is 0 Å². The normalized spacial score (nSPS) is 12.0. The molecule has 0 saturated heterocycles. The van der Waals surface area contributed by atoms with Gasteiger partial charge < -0.3 is 0 Å². The maximum atomic E-state index is 2.74. The van der Waals surface area contributed by atoms with Crippen molar-refractivity contribution in [2.75, 3.05) is 0 Å². The molecule has 2 aromatic carbocycles. The topological polar surface area (TPSA) is 0 Å². The van der Waals surface area contributed by atoms with Gasteiger partial charge in [-0.05, 0) is 253 Å². The Labute approximate surface area is 917 Å². The molecular formula is C132H176S12. The first-order chi connectivity index (χ1) is 71.3. The lowest BCUT2D eigenvalue weighted by atomic mass is 9.94. The molecule has 0 unspecified atom stereocenters. The first-order valence-electron chi connectivity index (χ1n) is 58.9. The Hall–Kier alpha value is -5.16. The minimum atomic E-state index is 1.14. The van der Waals surface area contributed by atoms with E-state index < -0.39 is 0 Å². The second kappa shape index (κ2) is 65.3. The number of fused-ring (bicyclic) bond motifs is 42. The van der Waals surface area contributed by atoms with Gasteiger partial charge in [-0.3, -0.25) is 0 Å². The first-order valence-corrected chi connectivity index (χ1v) is 68.7. The van der Waals surface area contributed by atoms with Crippen LogP contribution in [0.2, 0.25) is 0 Å². The van der Waals surface area contributed by atoms with Gasteiger partial charge >= 0.3 is 0 Å². The molecule has 0 atom stereocenters. The van der Waals surface area contributed by atoms with Crippen LogP contribution in [0.15, 0.2) is 170 Å². The van der Waals surface area contributed by atoms with E-state index in [1.165, 1.54) is 545 Å². The number of hydrogen-bond donors (Lipinski definition) is 0. The molecule has 0 saturated carbocycles. The molecule has 15 aromatic rings. The van der Waals surface area contributed by atoms with Crippen molar-refractivity contribution in [1.82, 2.24) is 0 Å². The fourth-order valence-electron chi connectivity index (χ4n) is 21.9. The van der Waals surface area contributed by atoms with Gasteiger partial charge in [-0.1, -0.05) is 425 Å². The standard InChI is InChI=1S/C132H176S12/c1-5-9-13-17-21-25-29-33-37-41-45-49-53-57-61-65-69-101-97-102(70-66-62-58-54-50-46-42-38-34-30-26-22-18-14-10-6-2)106-99-105(101)109-73-77-113(133-109)117-81-85-121(137-117)125-89-93-129(141-125)130-95-91-127(143-130)123-87-83-119(139-123)115-79-75-111(135-115)107-100-108(112-76-80-116(136-112)120-84-88-124(140-120)128-92-96-132(144-128)131-94-90-126(142-131)122-86-82-118(138-122)114-78-74-110(106)134-114)104(72-68-64-60-56-52-48-44-40-36-32-28-24-20-16-12-8-4)98-103(107)71-67-63-59-55-51-47-43-39-35-31-27-23-19-15-11-7-3/h73-100H,5-72H2,1-4H3. The third-order valence-corrected chi connectivity index (χ3v) is 45.7. The Morgan fingerprint density at radius 2 is 0.194 bits per heavy atom. The zero-order valence-corrected chi connectivity index (χ0v) is 98.9. The van der Waals surface area contributed by atoms with Crippen molar-refractivity contribution in [3.8, 4) is 0 Å². The van der Waals surface area contributed by atoms with Gasteiger partial charge in [0.2, 0.25) is 0 Å². The van der Waals surface area contributed by atoms with Crippen LogP contribution in [0.1, 0.15) is 461 Å². The summed E-state index contributed by atoms with van der Waals surface area (Å²) in [6.07, 6.45) is 93.9. The van der Waals surface area contributed by atoms with Gasteiger partial charge in [-0.15, -0.1) is 136 Å². The number of aryl methyl sites for hydroxylation is 4. The molecule has 0 N–H and O–H groups in total. The Bertz CT molecular complexity index is 5890. The number of thiophene rings is 12. The summed E-state index contributed by atoms with van der Waals surface area (Å²) in [5, 5.41) is 5.85. The molecule has 0 spiro atoms. The highest BCUT2D eigenvalue weighted by Crippen LogP contribution is 2.45. The average Bonchev–Trinajstić information content (AvgIpc) is 1.43. The second-order valence-corrected chi connectivity index (χ2v) is 55.5. The summed E-state index contributed by atoms with van der Waals surface area (Å²) in [4.78, 5) is 0. The summed E-state index contributed by atoms with van der Waals surface area (Å²) >= 11 is 23.9. The molecule has 0 nitrogen and oxygen atoms in total. The molecule has 0 aliphatic carbocycles. The molecule has 12 heteroatoms. The molecule has 776 valence electrons. The predicted octanol–water partition coefficient (Wildman–Crippen LogP) is 52.0. The quantitative estimate of drug-likeness (QED) is 0.0333. The van der Waals surface area contributed by atoms with Crippen LogP contribution < -0.4 is 0 Å². The molecule has 13 aromatic heterocycles. The minimum absolute atomic E-state index is 1.14. The molecule has 0 aliphatic rings. The smallest absolute Gasteiger partial charge is 0.0449 e. The highest BCUT2D eigenvalue weighted by atomic mass is 32.1. The van der Waals surface area contributed by atoms with E-state index in [0.717, 1.165) is 25.7 Å². The van der Waals surface area contributed by atoms with Crippen LogP contribution in [0.5, 0.6) is 0 Å². The Morgan fingerprint density at radius 1 is 0.104 bits per heavy atom. The lowest BCUT2D eigenvalue weighted by Crippen LogP contribution is -1.94. The summed E-state index contributed by atoms with van der Waals surface area (Å²) in [7, 11) is 0. The molecule has 0 radical (unpaired) electrons. The van der Waals surface area contributed by atoms with Crippen molar-refractivity contribution < 1.29 is 0 Å². The van der Waals surface area contributed by atoms with Crippen molar-refractivity contribution in [2.45, 2.75) is 464 Å². The average molecular weight is 2150 g/mol. The number of benzene rings is 2. The molecule has 0 aliphatic heterocycles. The lowest BCUT2D eigenvalue weighted by molar-refractivity contribution is 0.529. The summed E-state index contributed by atoms with van der Waals surface area (Å²) < 4.78 is 33.0. The van der Waals surface area contributed by atoms with E-state index in [1.54, 1.807) is 22.3 Å². The Kier molecular flexibility index (Phi) is 51.2.